The predicted octanol–water partition coefficient (Wildman–Crippen LogP) is 5.38. The Morgan fingerprint density at radius 3 is 2.48 bits per heavy atom. The van der Waals surface area contributed by atoms with Gasteiger partial charge in [-0.15, -0.1) is 0 Å². The summed E-state index contributed by atoms with van der Waals surface area (Å²) in [7, 11) is 0. The van der Waals surface area contributed by atoms with Gasteiger partial charge in [0.25, 0.3) is 11.8 Å². The van der Waals surface area contributed by atoms with Crippen LogP contribution in [0.1, 0.15) is 15.9 Å². The van der Waals surface area contributed by atoms with Gasteiger partial charge in [0, 0.05) is 14.8 Å². The second-order valence-electron chi connectivity index (χ2n) is 6.24. The molecule has 2 N–H and O–H groups in total. The number of nitrogens with zero attached hydrogens (tertiary/aromatic N) is 1. The smallest absolute Gasteiger partial charge is 0.271 e. The predicted molar refractivity (Wildman–Crippen MR) is 131 cm³/mol. The molecule has 3 aromatic rings. The van der Waals surface area contributed by atoms with Crippen LogP contribution in [0.3, 0.4) is 0 Å². The van der Waals surface area contributed by atoms with E-state index in [4.69, 9.17) is 27.9 Å². The van der Waals surface area contributed by atoms with E-state index in [0.29, 0.717) is 27.0 Å². The van der Waals surface area contributed by atoms with Crippen molar-refractivity contribution in [2.45, 2.75) is 0 Å². The molecule has 9 heteroatoms. The summed E-state index contributed by atoms with van der Waals surface area (Å²) in [6, 6.07) is 18.9. The fraction of sp³-hybridized carbons (Fsp3) is 0.0455. The molecule has 0 atom stereocenters. The molecule has 3 rings (SSSR count). The first-order valence-electron chi connectivity index (χ1n) is 8.97. The maximum absolute atomic E-state index is 12.1. The van der Waals surface area contributed by atoms with Crippen molar-refractivity contribution in [3.63, 3.8) is 0 Å². The van der Waals surface area contributed by atoms with Gasteiger partial charge in [-0.25, -0.2) is 5.43 Å². The van der Waals surface area contributed by atoms with E-state index in [1.54, 1.807) is 54.6 Å². The fourth-order valence-electron chi connectivity index (χ4n) is 2.43. The monoisotopic (exact) mass is 567 g/mol. The largest absolute Gasteiger partial charge is 0.484 e. The van der Waals surface area contributed by atoms with Crippen LogP contribution < -0.4 is 15.5 Å². The van der Waals surface area contributed by atoms with Gasteiger partial charge in [-0.1, -0.05) is 29.3 Å². The van der Waals surface area contributed by atoms with Crippen molar-refractivity contribution in [2.24, 2.45) is 5.10 Å². The van der Waals surface area contributed by atoms with Crippen LogP contribution in [0.15, 0.2) is 71.8 Å². The number of carbonyl (C=O) groups is 2. The number of hydrazone groups is 1. The Hall–Kier alpha value is -2.62. The zero-order chi connectivity index (χ0) is 22.2. The van der Waals surface area contributed by atoms with Crippen LogP contribution >= 0.6 is 45.8 Å². The number of hydrogen-bond donors (Lipinski definition) is 2. The lowest BCUT2D eigenvalue weighted by Gasteiger charge is -2.08. The van der Waals surface area contributed by atoms with Crippen molar-refractivity contribution in [3.8, 4) is 5.75 Å². The first kappa shape index (κ1) is 23.1. The lowest BCUT2D eigenvalue weighted by atomic mass is 10.2. The van der Waals surface area contributed by atoms with Crippen LogP contribution in [-0.2, 0) is 4.79 Å². The highest BCUT2D eigenvalue weighted by molar-refractivity contribution is 14.1. The van der Waals surface area contributed by atoms with E-state index in [2.05, 4.69) is 38.4 Å². The molecule has 0 aliphatic heterocycles. The number of amides is 2. The van der Waals surface area contributed by atoms with Gasteiger partial charge in [-0.05, 0) is 88.8 Å². The second-order valence-corrected chi connectivity index (χ2v) is 8.30. The zero-order valence-corrected chi connectivity index (χ0v) is 19.6. The fourth-order valence-corrected chi connectivity index (χ4v) is 3.27. The Balaban J connectivity index is 1.47. The molecule has 0 aromatic heterocycles. The number of rotatable bonds is 7. The molecule has 6 nitrogen and oxygen atoms in total. The number of hydrogen-bond acceptors (Lipinski definition) is 4. The van der Waals surface area contributed by atoms with Gasteiger partial charge in [0.1, 0.15) is 5.75 Å². The molecule has 2 amide bonds. The van der Waals surface area contributed by atoms with Gasteiger partial charge in [0.15, 0.2) is 6.61 Å². The molecular formula is C22H16Cl2IN3O3. The molecule has 158 valence electrons. The van der Waals surface area contributed by atoms with Crippen LogP contribution in [0, 0.1) is 3.57 Å². The lowest BCUT2D eigenvalue weighted by molar-refractivity contribution is -0.118. The second kappa shape index (κ2) is 11.1. The van der Waals surface area contributed by atoms with Crippen molar-refractivity contribution in [2.75, 3.05) is 11.9 Å². The standard InChI is InChI=1S/C22H16Cl2IN3O3/c23-19-9-6-17(11-20(19)24)27-21(29)13-31-18-7-4-14(5-8-18)12-26-28-22(30)15-2-1-3-16(25)10-15/h1-12H,13H2,(H,27,29)(H,28,30)/b26-12-. The molecule has 0 radical (unpaired) electrons. The van der Waals surface area contributed by atoms with Crippen molar-refractivity contribution in [3.05, 3.63) is 91.5 Å². The van der Waals surface area contributed by atoms with Gasteiger partial charge in [-0.3, -0.25) is 9.59 Å². The molecule has 3 aromatic carbocycles. The van der Waals surface area contributed by atoms with E-state index in [1.165, 1.54) is 6.21 Å². The molecule has 0 spiro atoms. The van der Waals surface area contributed by atoms with Gasteiger partial charge >= 0.3 is 0 Å². The highest BCUT2D eigenvalue weighted by atomic mass is 127. The summed E-state index contributed by atoms with van der Waals surface area (Å²) in [6.45, 7) is -0.167. The highest BCUT2D eigenvalue weighted by Gasteiger charge is 2.06. The summed E-state index contributed by atoms with van der Waals surface area (Å²) >= 11 is 13.9. The normalized spacial score (nSPS) is 10.7. The summed E-state index contributed by atoms with van der Waals surface area (Å²) in [5.74, 6) is -0.102. The molecule has 0 saturated heterocycles. The number of nitrogens with one attached hydrogen (secondary N) is 2. The molecular weight excluding hydrogens is 552 g/mol. The van der Waals surface area contributed by atoms with Crippen LogP contribution in [0.25, 0.3) is 0 Å². The van der Waals surface area contributed by atoms with Gasteiger partial charge < -0.3 is 10.1 Å². The molecule has 0 heterocycles. The van der Waals surface area contributed by atoms with E-state index >= 15 is 0 Å². The Bertz CT molecular complexity index is 1120. The maximum Gasteiger partial charge on any atom is 0.271 e. The average molecular weight is 568 g/mol. The van der Waals surface area contributed by atoms with E-state index in [0.717, 1.165) is 9.13 Å². The summed E-state index contributed by atoms with van der Waals surface area (Å²) in [4.78, 5) is 24.1. The average Bonchev–Trinajstić information content (AvgIpc) is 2.76. The Labute approximate surface area is 202 Å². The molecule has 0 bridgehead atoms. The quantitative estimate of drug-likeness (QED) is 0.228. The van der Waals surface area contributed by atoms with Crippen LogP contribution in [-0.4, -0.2) is 24.6 Å². The van der Waals surface area contributed by atoms with Crippen molar-refractivity contribution in [1.82, 2.24) is 5.43 Å². The van der Waals surface area contributed by atoms with Gasteiger partial charge in [-0.2, -0.15) is 5.10 Å². The van der Waals surface area contributed by atoms with Crippen LogP contribution in [0.4, 0.5) is 5.69 Å². The molecule has 0 unspecified atom stereocenters. The number of carbonyl (C=O) groups excluding carboxylic acids is 2. The van der Waals surface area contributed by atoms with E-state index in [9.17, 15) is 9.59 Å². The number of halogens is 3. The third-order valence-corrected chi connectivity index (χ3v) is 5.33. The molecule has 0 fully saturated rings. The Morgan fingerprint density at radius 1 is 1.00 bits per heavy atom. The summed E-state index contributed by atoms with van der Waals surface area (Å²) < 4.78 is 6.44. The van der Waals surface area contributed by atoms with Crippen molar-refractivity contribution < 1.29 is 14.3 Å². The highest BCUT2D eigenvalue weighted by Crippen LogP contribution is 2.25. The summed E-state index contributed by atoms with van der Waals surface area (Å²) in [5, 5.41) is 7.40. The van der Waals surface area contributed by atoms with Gasteiger partial charge in [0.2, 0.25) is 0 Å². The van der Waals surface area contributed by atoms with E-state index in [1.807, 2.05) is 12.1 Å². The summed E-state index contributed by atoms with van der Waals surface area (Å²) in [6.07, 6.45) is 1.52. The first-order chi connectivity index (χ1) is 14.9. The van der Waals surface area contributed by atoms with E-state index < -0.39 is 0 Å². The molecule has 0 aliphatic carbocycles. The van der Waals surface area contributed by atoms with Crippen LogP contribution in [0.5, 0.6) is 5.75 Å². The molecule has 31 heavy (non-hydrogen) atoms. The third-order valence-electron chi connectivity index (χ3n) is 3.92. The van der Waals surface area contributed by atoms with Crippen molar-refractivity contribution >= 4 is 69.5 Å². The maximum atomic E-state index is 12.1. The minimum Gasteiger partial charge on any atom is -0.484 e. The summed E-state index contributed by atoms with van der Waals surface area (Å²) in [5.41, 5.74) is 4.31. The molecule has 0 saturated carbocycles. The lowest BCUT2D eigenvalue weighted by Crippen LogP contribution is -2.20. The van der Waals surface area contributed by atoms with Crippen molar-refractivity contribution in [1.29, 1.82) is 0 Å². The number of benzene rings is 3. The Kier molecular flexibility index (Phi) is 8.27. The zero-order valence-electron chi connectivity index (χ0n) is 15.9. The topological polar surface area (TPSA) is 79.8 Å². The van der Waals surface area contributed by atoms with Gasteiger partial charge in [0.05, 0.1) is 16.3 Å². The number of ether oxygens (including phenoxy) is 1. The van der Waals surface area contributed by atoms with E-state index in [-0.39, 0.29) is 18.4 Å². The minimum absolute atomic E-state index is 0.167. The van der Waals surface area contributed by atoms with Crippen LogP contribution in [0.2, 0.25) is 10.0 Å². The number of anilines is 1. The Morgan fingerprint density at radius 2 is 1.77 bits per heavy atom. The first-order valence-corrected chi connectivity index (χ1v) is 10.8. The third kappa shape index (κ3) is 7.23. The minimum atomic E-state index is -0.331. The molecule has 0 aliphatic rings. The SMILES string of the molecule is O=C(COc1ccc(/C=N\NC(=O)c2cccc(I)c2)cc1)Nc1ccc(Cl)c(Cl)c1.